The summed E-state index contributed by atoms with van der Waals surface area (Å²) in [5.74, 6) is -1.71. The SMILES string of the molecule is CC(C)(CNC(=O)Nc1ccc(F)c(C#N)c1)C(=O)O. The van der Waals surface area contributed by atoms with E-state index in [0.29, 0.717) is 0 Å². The van der Waals surface area contributed by atoms with Crippen molar-refractivity contribution in [2.45, 2.75) is 13.8 Å². The molecule has 0 saturated heterocycles. The van der Waals surface area contributed by atoms with Gasteiger partial charge in [-0.15, -0.1) is 0 Å². The van der Waals surface area contributed by atoms with Crippen molar-refractivity contribution in [3.8, 4) is 6.07 Å². The van der Waals surface area contributed by atoms with Gasteiger partial charge in [-0.3, -0.25) is 4.79 Å². The Morgan fingerprint density at radius 3 is 2.65 bits per heavy atom. The summed E-state index contributed by atoms with van der Waals surface area (Å²) in [6.07, 6.45) is 0. The van der Waals surface area contributed by atoms with E-state index in [-0.39, 0.29) is 17.8 Å². The van der Waals surface area contributed by atoms with Gasteiger partial charge < -0.3 is 15.7 Å². The molecule has 0 atom stereocenters. The summed E-state index contributed by atoms with van der Waals surface area (Å²) in [6, 6.07) is 4.59. The number of nitriles is 1. The number of amides is 2. The van der Waals surface area contributed by atoms with Crippen LogP contribution in [0.15, 0.2) is 18.2 Å². The summed E-state index contributed by atoms with van der Waals surface area (Å²) in [7, 11) is 0. The highest BCUT2D eigenvalue weighted by Gasteiger charge is 2.27. The van der Waals surface area contributed by atoms with Crippen molar-refractivity contribution < 1.29 is 19.1 Å². The predicted octanol–water partition coefficient (Wildman–Crippen LogP) is 1.93. The minimum atomic E-state index is -1.10. The van der Waals surface area contributed by atoms with Crippen LogP contribution in [0.5, 0.6) is 0 Å². The Morgan fingerprint density at radius 1 is 1.45 bits per heavy atom. The third-order valence-corrected chi connectivity index (χ3v) is 2.61. The summed E-state index contributed by atoms with van der Waals surface area (Å²) in [5.41, 5.74) is -1.04. The number of hydrogen-bond acceptors (Lipinski definition) is 3. The van der Waals surface area contributed by atoms with Crippen LogP contribution in [0.2, 0.25) is 0 Å². The van der Waals surface area contributed by atoms with Crippen LogP contribution in [0.3, 0.4) is 0 Å². The molecule has 0 saturated carbocycles. The number of halogens is 1. The Labute approximate surface area is 115 Å². The van der Waals surface area contributed by atoms with Gasteiger partial charge in [-0.25, -0.2) is 9.18 Å². The van der Waals surface area contributed by atoms with Crippen LogP contribution in [0, 0.1) is 22.6 Å². The fourth-order valence-electron chi connectivity index (χ4n) is 1.24. The van der Waals surface area contributed by atoms with E-state index in [9.17, 15) is 14.0 Å². The molecule has 3 N–H and O–H groups in total. The zero-order valence-corrected chi connectivity index (χ0v) is 11.0. The van der Waals surface area contributed by atoms with Crippen molar-refractivity contribution in [3.05, 3.63) is 29.6 Å². The smallest absolute Gasteiger partial charge is 0.319 e. The summed E-state index contributed by atoms with van der Waals surface area (Å²) in [6.45, 7) is 2.88. The molecule has 0 aliphatic rings. The van der Waals surface area contributed by atoms with Crippen LogP contribution < -0.4 is 10.6 Å². The van der Waals surface area contributed by atoms with Crippen LogP contribution in [0.4, 0.5) is 14.9 Å². The van der Waals surface area contributed by atoms with Crippen LogP contribution in [-0.2, 0) is 4.79 Å². The van der Waals surface area contributed by atoms with Gasteiger partial charge in [0, 0.05) is 12.2 Å². The molecule has 0 bridgehead atoms. The van der Waals surface area contributed by atoms with Crippen LogP contribution in [0.1, 0.15) is 19.4 Å². The fraction of sp³-hybridized carbons (Fsp3) is 0.308. The maximum atomic E-state index is 13.1. The molecule has 0 heterocycles. The second kappa shape index (κ2) is 6.02. The van der Waals surface area contributed by atoms with E-state index in [1.165, 1.54) is 26.0 Å². The van der Waals surface area contributed by atoms with Gasteiger partial charge >= 0.3 is 12.0 Å². The predicted molar refractivity (Wildman–Crippen MR) is 69.6 cm³/mol. The molecule has 1 rings (SSSR count). The quantitative estimate of drug-likeness (QED) is 0.783. The maximum Gasteiger partial charge on any atom is 0.319 e. The molecule has 106 valence electrons. The van der Waals surface area contributed by atoms with E-state index in [1.54, 1.807) is 6.07 Å². The van der Waals surface area contributed by atoms with Gasteiger partial charge in [0.25, 0.3) is 0 Å². The Hall–Kier alpha value is -2.62. The average Bonchev–Trinajstić information content (AvgIpc) is 2.38. The van der Waals surface area contributed by atoms with E-state index >= 15 is 0 Å². The molecule has 0 aromatic heterocycles. The molecule has 20 heavy (non-hydrogen) atoms. The first-order valence-electron chi connectivity index (χ1n) is 5.74. The number of carboxylic acid groups (broad SMARTS) is 1. The zero-order valence-electron chi connectivity index (χ0n) is 11.0. The first kappa shape index (κ1) is 15.4. The molecule has 2 amide bonds. The molecular formula is C13H14FN3O3. The molecule has 0 radical (unpaired) electrons. The lowest BCUT2D eigenvalue weighted by molar-refractivity contribution is -0.146. The van der Waals surface area contributed by atoms with Gasteiger partial charge in [-0.2, -0.15) is 5.26 Å². The highest BCUT2D eigenvalue weighted by molar-refractivity contribution is 5.89. The topological polar surface area (TPSA) is 102 Å². The number of benzene rings is 1. The highest BCUT2D eigenvalue weighted by Crippen LogP contribution is 2.15. The number of anilines is 1. The van der Waals surface area contributed by atoms with Crippen molar-refractivity contribution in [1.29, 1.82) is 5.26 Å². The van der Waals surface area contributed by atoms with Gasteiger partial charge in [0.2, 0.25) is 0 Å². The average molecular weight is 279 g/mol. The van der Waals surface area contributed by atoms with Gasteiger partial charge in [-0.1, -0.05) is 0 Å². The van der Waals surface area contributed by atoms with E-state index < -0.39 is 23.2 Å². The van der Waals surface area contributed by atoms with E-state index in [1.807, 2.05) is 0 Å². The Balaban J connectivity index is 2.64. The van der Waals surface area contributed by atoms with Gasteiger partial charge in [-0.05, 0) is 32.0 Å². The number of nitrogens with one attached hydrogen (secondary N) is 2. The largest absolute Gasteiger partial charge is 0.481 e. The van der Waals surface area contributed by atoms with Crippen LogP contribution >= 0.6 is 0 Å². The van der Waals surface area contributed by atoms with E-state index in [4.69, 9.17) is 10.4 Å². The number of rotatable bonds is 4. The summed E-state index contributed by atoms with van der Waals surface area (Å²) < 4.78 is 13.1. The number of hydrogen-bond donors (Lipinski definition) is 3. The molecule has 0 aliphatic heterocycles. The lowest BCUT2D eigenvalue weighted by Gasteiger charge is -2.19. The number of carboxylic acids is 1. The number of aliphatic carboxylic acids is 1. The van der Waals surface area contributed by atoms with Crippen molar-refractivity contribution in [1.82, 2.24) is 5.32 Å². The highest BCUT2D eigenvalue weighted by atomic mass is 19.1. The lowest BCUT2D eigenvalue weighted by atomic mass is 9.94. The standard InChI is InChI=1S/C13H14FN3O3/c1-13(2,11(18)19)7-16-12(20)17-9-3-4-10(14)8(5-9)6-15/h3-5H,7H2,1-2H3,(H,18,19)(H2,16,17,20). The lowest BCUT2D eigenvalue weighted by Crippen LogP contribution is -2.40. The molecule has 0 fully saturated rings. The fourth-order valence-corrected chi connectivity index (χ4v) is 1.24. The van der Waals surface area contributed by atoms with E-state index in [2.05, 4.69) is 10.6 Å². The summed E-state index contributed by atoms with van der Waals surface area (Å²) in [4.78, 5) is 22.4. The number of urea groups is 1. The molecule has 7 heteroatoms. The number of carbonyl (C=O) groups excluding carboxylic acids is 1. The van der Waals surface area contributed by atoms with Gasteiger partial charge in [0.15, 0.2) is 0 Å². The van der Waals surface area contributed by atoms with Crippen LogP contribution in [0.25, 0.3) is 0 Å². The monoisotopic (exact) mass is 279 g/mol. The number of nitrogens with zero attached hydrogens (tertiary/aromatic N) is 1. The summed E-state index contributed by atoms with van der Waals surface area (Å²) in [5, 5.41) is 22.3. The van der Waals surface area contributed by atoms with Crippen LogP contribution in [-0.4, -0.2) is 23.7 Å². The third kappa shape index (κ3) is 3.95. The minimum Gasteiger partial charge on any atom is -0.481 e. The molecule has 6 nitrogen and oxygen atoms in total. The molecule has 1 aromatic carbocycles. The Kier molecular flexibility index (Phi) is 4.64. The Morgan fingerprint density at radius 2 is 2.10 bits per heavy atom. The molecular weight excluding hydrogens is 265 g/mol. The molecule has 0 spiro atoms. The normalized spacial score (nSPS) is 10.5. The number of carbonyl (C=O) groups is 2. The summed E-state index contributed by atoms with van der Waals surface area (Å²) >= 11 is 0. The van der Waals surface area contributed by atoms with Gasteiger partial charge in [0.1, 0.15) is 11.9 Å². The van der Waals surface area contributed by atoms with Crippen molar-refractivity contribution in [2.24, 2.45) is 5.41 Å². The maximum absolute atomic E-state index is 13.1. The van der Waals surface area contributed by atoms with Crippen molar-refractivity contribution >= 4 is 17.7 Å². The van der Waals surface area contributed by atoms with Gasteiger partial charge in [0.05, 0.1) is 11.0 Å². The first-order valence-corrected chi connectivity index (χ1v) is 5.74. The molecule has 1 aromatic rings. The minimum absolute atomic E-state index is 0.0690. The van der Waals surface area contributed by atoms with Crippen molar-refractivity contribution in [3.63, 3.8) is 0 Å². The third-order valence-electron chi connectivity index (χ3n) is 2.61. The van der Waals surface area contributed by atoms with Crippen molar-refractivity contribution in [2.75, 3.05) is 11.9 Å². The second-order valence-electron chi connectivity index (χ2n) is 4.80. The zero-order chi connectivity index (χ0) is 15.3. The Bertz CT molecular complexity index is 579. The molecule has 0 unspecified atom stereocenters. The first-order chi connectivity index (χ1) is 9.26. The van der Waals surface area contributed by atoms with E-state index in [0.717, 1.165) is 6.07 Å². The second-order valence-corrected chi connectivity index (χ2v) is 4.80. The molecule has 0 aliphatic carbocycles.